The molecule has 0 aliphatic rings. The summed E-state index contributed by atoms with van der Waals surface area (Å²) in [6.07, 6.45) is 2.74. The maximum absolute atomic E-state index is 4.73. The van der Waals surface area contributed by atoms with Gasteiger partial charge in [-0.3, -0.25) is 0 Å². The third-order valence-electron chi connectivity index (χ3n) is 0.500. The van der Waals surface area contributed by atoms with Crippen LogP contribution in [0.15, 0.2) is 0 Å². The van der Waals surface area contributed by atoms with Crippen LogP contribution in [0.2, 0.25) is 0 Å². The van der Waals surface area contributed by atoms with E-state index >= 15 is 0 Å². The summed E-state index contributed by atoms with van der Waals surface area (Å²) < 4.78 is 0. The molecule has 0 unspecified atom stereocenters. The molecule has 0 radical (unpaired) electrons. The molecule has 0 aromatic rings. The molecule has 0 aliphatic carbocycles. The number of rotatable bonds is 2. The summed E-state index contributed by atoms with van der Waals surface area (Å²) in [5, 5.41) is 0. The van der Waals surface area contributed by atoms with E-state index in [4.69, 9.17) is 20.3 Å². The van der Waals surface area contributed by atoms with Crippen LogP contribution in [0, 0.1) is 0 Å². The van der Waals surface area contributed by atoms with Crippen molar-refractivity contribution in [3.63, 3.8) is 0 Å². The molecule has 0 atom stereocenters. The average molecular weight is 220 g/mol. The van der Waals surface area contributed by atoms with Gasteiger partial charge in [0.1, 0.15) is 0 Å². The molecule has 8 heavy (non-hydrogen) atoms. The third kappa shape index (κ3) is 25.8. The van der Waals surface area contributed by atoms with Crippen LogP contribution in [0.25, 0.3) is 0 Å². The van der Waals surface area contributed by atoms with Crippen LogP contribution in [0.1, 0.15) is 13.8 Å². The SMILES string of the molecule is CCPCC.[Cl][Co][Cl]. The van der Waals surface area contributed by atoms with E-state index in [1.165, 1.54) is 20.9 Å². The second kappa shape index (κ2) is 15.8. The molecule has 0 saturated carbocycles. The van der Waals surface area contributed by atoms with Crippen molar-refractivity contribution in [1.29, 1.82) is 0 Å². The molecule has 0 aliphatic heterocycles. The number of hydrogen-bond donors (Lipinski definition) is 0. The van der Waals surface area contributed by atoms with Crippen molar-refractivity contribution in [3.05, 3.63) is 0 Å². The van der Waals surface area contributed by atoms with E-state index in [1.807, 2.05) is 0 Å². The van der Waals surface area contributed by atoms with Gasteiger partial charge in [-0.25, -0.2) is 0 Å². The summed E-state index contributed by atoms with van der Waals surface area (Å²) in [5.74, 6) is 0. The van der Waals surface area contributed by atoms with Crippen LogP contribution in [-0.4, -0.2) is 12.3 Å². The Balaban J connectivity index is 0. The summed E-state index contributed by atoms with van der Waals surface area (Å²) in [4.78, 5) is 0. The summed E-state index contributed by atoms with van der Waals surface area (Å²) >= 11 is 0.382. The Morgan fingerprint density at radius 1 is 1.25 bits per heavy atom. The first kappa shape index (κ1) is 12.2. The van der Waals surface area contributed by atoms with E-state index < -0.39 is 0 Å². The van der Waals surface area contributed by atoms with Crippen molar-refractivity contribution in [2.24, 2.45) is 0 Å². The van der Waals surface area contributed by atoms with E-state index in [2.05, 4.69) is 13.8 Å². The Bertz CT molecular complexity index is 28.0. The van der Waals surface area contributed by atoms with Crippen LogP contribution in [-0.2, 0) is 12.9 Å². The monoisotopic (exact) mass is 219 g/mol. The van der Waals surface area contributed by atoms with Gasteiger partial charge in [-0.15, -0.1) is 8.58 Å². The van der Waals surface area contributed by atoms with Gasteiger partial charge in [0.2, 0.25) is 0 Å². The first-order valence-corrected chi connectivity index (χ1v) is 6.65. The molecule has 0 nitrogen and oxygen atoms in total. The fourth-order valence-electron chi connectivity index (χ4n) is 0.250. The predicted molar refractivity (Wildman–Crippen MR) is 41.1 cm³/mol. The fourth-order valence-corrected chi connectivity index (χ4v) is 0.750. The van der Waals surface area contributed by atoms with Gasteiger partial charge in [0, 0.05) is 0 Å². The van der Waals surface area contributed by atoms with Gasteiger partial charge >= 0.3 is 33.2 Å². The first-order chi connectivity index (χ1) is 3.83. The predicted octanol–water partition coefficient (Wildman–Crippen LogP) is 3.08. The van der Waals surface area contributed by atoms with Gasteiger partial charge in [-0.2, -0.15) is 0 Å². The second-order valence-corrected chi connectivity index (χ2v) is 4.64. The van der Waals surface area contributed by atoms with Crippen molar-refractivity contribution in [2.75, 3.05) is 12.3 Å². The van der Waals surface area contributed by atoms with Crippen LogP contribution in [0.3, 0.4) is 0 Å². The van der Waals surface area contributed by atoms with Gasteiger partial charge in [-0.05, 0) is 12.3 Å². The molecule has 0 aromatic heterocycles. The summed E-state index contributed by atoms with van der Waals surface area (Å²) in [5.41, 5.74) is 0. The molecule has 0 saturated heterocycles. The van der Waals surface area contributed by atoms with Gasteiger partial charge in [0.15, 0.2) is 0 Å². The average Bonchev–Trinajstić information content (AvgIpc) is 1.71. The first-order valence-electron chi connectivity index (χ1n) is 2.37. The Morgan fingerprint density at radius 2 is 1.50 bits per heavy atom. The third-order valence-corrected chi connectivity index (χ3v) is 1.50. The molecule has 0 aromatic carbocycles. The molecule has 0 fully saturated rings. The van der Waals surface area contributed by atoms with E-state index in [9.17, 15) is 0 Å². The Hall–Kier alpha value is 1.52. The standard InChI is InChI=1S/C4H11P.2ClH.Co/c1-3-5-4-2;;;/h5H,3-4H2,1-2H3;2*1H;/q;;;+2/p-2. The Kier molecular flexibility index (Phi) is 24.1. The van der Waals surface area contributed by atoms with Gasteiger partial charge in [0.25, 0.3) is 0 Å². The van der Waals surface area contributed by atoms with Gasteiger partial charge in [-0.1, -0.05) is 13.8 Å². The van der Waals surface area contributed by atoms with Crippen molar-refractivity contribution in [3.8, 4) is 0 Å². The van der Waals surface area contributed by atoms with Crippen LogP contribution in [0.4, 0.5) is 0 Å². The van der Waals surface area contributed by atoms with E-state index in [1.54, 1.807) is 0 Å². The zero-order valence-corrected chi connectivity index (χ0v) is 8.56. The molecular weight excluding hydrogens is 209 g/mol. The number of hydrogen-bond acceptors (Lipinski definition) is 0. The molecule has 0 spiro atoms. The zero-order chi connectivity index (χ0) is 6.83. The summed E-state index contributed by atoms with van der Waals surface area (Å²) in [6.45, 7) is 4.45. The van der Waals surface area contributed by atoms with Crippen molar-refractivity contribution >= 4 is 28.9 Å². The van der Waals surface area contributed by atoms with E-state index in [0.29, 0.717) is 12.9 Å². The Labute approximate surface area is 68.0 Å². The zero-order valence-electron chi connectivity index (χ0n) is 5.00. The van der Waals surface area contributed by atoms with Crippen molar-refractivity contribution in [1.82, 2.24) is 0 Å². The normalized spacial score (nSPS) is 8.00. The van der Waals surface area contributed by atoms with Gasteiger partial charge in [0.05, 0.1) is 0 Å². The molecular formula is C4H11Cl2CoP. The quantitative estimate of drug-likeness (QED) is 0.627. The molecule has 0 N–H and O–H groups in total. The Morgan fingerprint density at radius 3 is 1.50 bits per heavy atom. The molecule has 0 bridgehead atoms. The number of halogens is 2. The molecule has 0 heterocycles. The summed E-state index contributed by atoms with van der Waals surface area (Å²) in [6, 6.07) is 0. The van der Waals surface area contributed by atoms with Gasteiger partial charge < -0.3 is 0 Å². The van der Waals surface area contributed by atoms with Crippen LogP contribution < -0.4 is 0 Å². The molecule has 4 heteroatoms. The summed E-state index contributed by atoms with van der Waals surface area (Å²) in [7, 11) is 10.7. The topological polar surface area (TPSA) is 0 Å². The fraction of sp³-hybridized carbons (Fsp3) is 1.00. The molecule has 55 valence electrons. The van der Waals surface area contributed by atoms with Crippen molar-refractivity contribution in [2.45, 2.75) is 13.8 Å². The maximum atomic E-state index is 4.73. The minimum absolute atomic E-state index is 0.382. The van der Waals surface area contributed by atoms with Crippen molar-refractivity contribution < 1.29 is 12.9 Å². The van der Waals surface area contributed by atoms with Crippen LogP contribution in [0.5, 0.6) is 0 Å². The van der Waals surface area contributed by atoms with E-state index in [-0.39, 0.29) is 0 Å². The molecule has 0 amide bonds. The van der Waals surface area contributed by atoms with Crippen LogP contribution >= 0.6 is 28.9 Å². The second-order valence-electron chi connectivity index (χ2n) is 1.00. The molecule has 0 rings (SSSR count). The minimum atomic E-state index is 0.382. The van der Waals surface area contributed by atoms with E-state index in [0.717, 1.165) is 0 Å².